The second kappa shape index (κ2) is 5.69. The molecule has 0 aliphatic rings. The van der Waals surface area contributed by atoms with E-state index in [0.717, 1.165) is 41.7 Å². The third-order valence-electron chi connectivity index (χ3n) is 2.95. The van der Waals surface area contributed by atoms with Crippen LogP contribution < -0.4 is 11.1 Å². The Morgan fingerprint density at radius 3 is 2.83 bits per heavy atom. The SMILES string of the molecule is CN(C)CCCNc1ccc(N)c2cnccc12. The number of pyridine rings is 1. The summed E-state index contributed by atoms with van der Waals surface area (Å²) in [6.07, 6.45) is 4.73. The number of nitrogens with one attached hydrogen (secondary N) is 1. The Labute approximate surface area is 108 Å². The second-order valence-electron chi connectivity index (χ2n) is 4.71. The molecule has 0 fully saturated rings. The summed E-state index contributed by atoms with van der Waals surface area (Å²) in [4.78, 5) is 6.31. The van der Waals surface area contributed by atoms with Gasteiger partial charge in [0.2, 0.25) is 0 Å². The van der Waals surface area contributed by atoms with Gasteiger partial charge in [-0.15, -0.1) is 0 Å². The molecule has 0 aliphatic heterocycles. The summed E-state index contributed by atoms with van der Waals surface area (Å²) in [5.41, 5.74) is 7.85. The Morgan fingerprint density at radius 1 is 1.22 bits per heavy atom. The lowest BCUT2D eigenvalue weighted by Gasteiger charge is -2.13. The summed E-state index contributed by atoms with van der Waals surface area (Å²) >= 11 is 0. The zero-order valence-electron chi connectivity index (χ0n) is 11.0. The van der Waals surface area contributed by atoms with E-state index in [1.807, 2.05) is 24.4 Å². The largest absolute Gasteiger partial charge is 0.398 e. The van der Waals surface area contributed by atoms with Crippen LogP contribution in [0.3, 0.4) is 0 Å². The van der Waals surface area contributed by atoms with Gasteiger partial charge in [0, 0.05) is 41.1 Å². The highest BCUT2D eigenvalue weighted by Gasteiger charge is 2.03. The minimum atomic E-state index is 0.775. The van der Waals surface area contributed by atoms with E-state index in [2.05, 4.69) is 29.3 Å². The van der Waals surface area contributed by atoms with E-state index in [-0.39, 0.29) is 0 Å². The first-order valence-corrected chi connectivity index (χ1v) is 6.19. The van der Waals surface area contributed by atoms with Crippen molar-refractivity contribution in [1.29, 1.82) is 0 Å². The monoisotopic (exact) mass is 244 g/mol. The number of nitrogens with two attached hydrogens (primary N) is 1. The standard InChI is InChI=1S/C14H20N4/c1-18(2)9-3-7-17-14-5-4-13(15)12-10-16-8-6-11(12)14/h4-6,8,10,17H,3,7,9,15H2,1-2H3. The van der Waals surface area contributed by atoms with Crippen LogP contribution in [0.25, 0.3) is 10.8 Å². The first-order chi connectivity index (χ1) is 8.68. The van der Waals surface area contributed by atoms with Gasteiger partial charge in [-0.2, -0.15) is 0 Å². The number of anilines is 2. The predicted octanol–water partition coefficient (Wildman–Crippen LogP) is 2.18. The highest BCUT2D eigenvalue weighted by molar-refractivity contribution is 6.00. The molecule has 1 heterocycles. The van der Waals surface area contributed by atoms with Crippen LogP contribution in [0, 0.1) is 0 Å². The second-order valence-corrected chi connectivity index (χ2v) is 4.71. The normalized spacial score (nSPS) is 11.1. The maximum atomic E-state index is 5.95. The molecule has 0 atom stereocenters. The van der Waals surface area contributed by atoms with Crippen molar-refractivity contribution in [2.75, 3.05) is 38.2 Å². The Hall–Kier alpha value is -1.81. The molecule has 1 aromatic carbocycles. The molecule has 0 unspecified atom stereocenters. The first kappa shape index (κ1) is 12.6. The number of nitrogen functional groups attached to an aromatic ring is 1. The predicted molar refractivity (Wildman–Crippen MR) is 77.8 cm³/mol. The summed E-state index contributed by atoms with van der Waals surface area (Å²) in [6, 6.07) is 5.96. The van der Waals surface area contributed by atoms with Crippen molar-refractivity contribution in [2.45, 2.75) is 6.42 Å². The average Bonchev–Trinajstić information content (AvgIpc) is 2.37. The quantitative estimate of drug-likeness (QED) is 0.625. The Bertz CT molecular complexity index is 522. The zero-order valence-corrected chi connectivity index (χ0v) is 11.0. The molecular weight excluding hydrogens is 224 g/mol. The molecule has 3 N–H and O–H groups in total. The smallest absolute Gasteiger partial charge is 0.0422 e. The van der Waals surface area contributed by atoms with E-state index in [0.29, 0.717) is 0 Å². The molecule has 4 nitrogen and oxygen atoms in total. The minimum absolute atomic E-state index is 0.775. The van der Waals surface area contributed by atoms with Gasteiger partial charge in [-0.1, -0.05) is 0 Å². The summed E-state index contributed by atoms with van der Waals surface area (Å²) in [6.45, 7) is 2.04. The van der Waals surface area contributed by atoms with Crippen molar-refractivity contribution in [3.05, 3.63) is 30.6 Å². The van der Waals surface area contributed by atoms with Gasteiger partial charge in [-0.25, -0.2) is 0 Å². The maximum Gasteiger partial charge on any atom is 0.0422 e. The van der Waals surface area contributed by atoms with Crippen LogP contribution in [0.15, 0.2) is 30.6 Å². The van der Waals surface area contributed by atoms with Crippen molar-refractivity contribution in [3.8, 4) is 0 Å². The molecule has 0 bridgehead atoms. The molecule has 18 heavy (non-hydrogen) atoms. The molecule has 4 heteroatoms. The number of hydrogen-bond acceptors (Lipinski definition) is 4. The van der Waals surface area contributed by atoms with Crippen LogP contribution in [0.4, 0.5) is 11.4 Å². The van der Waals surface area contributed by atoms with Crippen molar-refractivity contribution in [2.24, 2.45) is 0 Å². The van der Waals surface area contributed by atoms with Gasteiger partial charge in [0.25, 0.3) is 0 Å². The first-order valence-electron chi connectivity index (χ1n) is 6.19. The minimum Gasteiger partial charge on any atom is -0.398 e. The van der Waals surface area contributed by atoms with Crippen LogP contribution in [-0.4, -0.2) is 37.1 Å². The van der Waals surface area contributed by atoms with E-state index in [1.165, 1.54) is 0 Å². The lowest BCUT2D eigenvalue weighted by Crippen LogP contribution is -2.16. The van der Waals surface area contributed by atoms with Gasteiger partial charge < -0.3 is 16.0 Å². The van der Waals surface area contributed by atoms with E-state index >= 15 is 0 Å². The van der Waals surface area contributed by atoms with Crippen molar-refractivity contribution in [3.63, 3.8) is 0 Å². The number of fused-ring (bicyclic) bond motifs is 1. The average molecular weight is 244 g/mol. The molecule has 0 aliphatic carbocycles. The molecule has 96 valence electrons. The van der Waals surface area contributed by atoms with Crippen molar-refractivity contribution < 1.29 is 0 Å². The zero-order chi connectivity index (χ0) is 13.0. The van der Waals surface area contributed by atoms with Crippen LogP contribution in [0.1, 0.15) is 6.42 Å². The van der Waals surface area contributed by atoms with Gasteiger partial charge in [0.1, 0.15) is 0 Å². The van der Waals surface area contributed by atoms with Gasteiger partial charge in [0.15, 0.2) is 0 Å². The molecule has 2 rings (SSSR count). The Morgan fingerprint density at radius 2 is 2.06 bits per heavy atom. The molecule has 0 saturated carbocycles. The van der Waals surface area contributed by atoms with Crippen molar-refractivity contribution >= 4 is 22.1 Å². The molecule has 0 amide bonds. The lowest BCUT2D eigenvalue weighted by atomic mass is 10.1. The fourth-order valence-corrected chi connectivity index (χ4v) is 1.98. The van der Waals surface area contributed by atoms with Crippen LogP contribution in [0.5, 0.6) is 0 Å². The third kappa shape index (κ3) is 2.90. The molecular formula is C14H20N4. The fourth-order valence-electron chi connectivity index (χ4n) is 1.98. The molecule has 0 spiro atoms. The maximum absolute atomic E-state index is 5.95. The molecule has 0 radical (unpaired) electrons. The molecule has 1 aromatic heterocycles. The number of nitrogens with zero attached hydrogens (tertiary/aromatic N) is 2. The summed E-state index contributed by atoms with van der Waals surface area (Å²) in [5.74, 6) is 0. The van der Waals surface area contributed by atoms with Gasteiger partial charge in [-0.3, -0.25) is 4.98 Å². The number of hydrogen-bond donors (Lipinski definition) is 2. The van der Waals surface area contributed by atoms with E-state index < -0.39 is 0 Å². The fraction of sp³-hybridized carbons (Fsp3) is 0.357. The van der Waals surface area contributed by atoms with Gasteiger partial charge in [-0.05, 0) is 45.3 Å². The summed E-state index contributed by atoms with van der Waals surface area (Å²) < 4.78 is 0. The topological polar surface area (TPSA) is 54.2 Å². The number of benzene rings is 1. The van der Waals surface area contributed by atoms with Gasteiger partial charge in [0.05, 0.1) is 0 Å². The van der Waals surface area contributed by atoms with Crippen LogP contribution in [-0.2, 0) is 0 Å². The van der Waals surface area contributed by atoms with Gasteiger partial charge >= 0.3 is 0 Å². The van der Waals surface area contributed by atoms with Crippen LogP contribution in [0.2, 0.25) is 0 Å². The Kier molecular flexibility index (Phi) is 3.99. The summed E-state index contributed by atoms with van der Waals surface area (Å²) in [7, 11) is 4.18. The van der Waals surface area contributed by atoms with Crippen molar-refractivity contribution in [1.82, 2.24) is 9.88 Å². The Balaban J connectivity index is 2.11. The number of rotatable bonds is 5. The van der Waals surface area contributed by atoms with Crippen LogP contribution >= 0.6 is 0 Å². The molecule has 2 aromatic rings. The number of aromatic nitrogens is 1. The summed E-state index contributed by atoms with van der Waals surface area (Å²) in [5, 5.41) is 5.60. The van der Waals surface area contributed by atoms with E-state index in [1.54, 1.807) is 6.20 Å². The highest BCUT2D eigenvalue weighted by atomic mass is 15.1. The van der Waals surface area contributed by atoms with E-state index in [4.69, 9.17) is 5.73 Å². The highest BCUT2D eigenvalue weighted by Crippen LogP contribution is 2.27. The molecule has 0 saturated heterocycles. The lowest BCUT2D eigenvalue weighted by molar-refractivity contribution is 0.405. The third-order valence-corrected chi connectivity index (χ3v) is 2.95. The van der Waals surface area contributed by atoms with E-state index in [9.17, 15) is 0 Å².